The molecule has 6 nitrogen and oxygen atoms in total. The maximum absolute atomic E-state index is 13.6. The Morgan fingerprint density at radius 1 is 1.30 bits per heavy atom. The van der Waals surface area contributed by atoms with Crippen LogP contribution in [0.15, 0.2) is 47.6 Å². The molecule has 0 saturated carbocycles. The SMILES string of the molecule is Cc1ccc(NC(=O)[C@@H](C)Sc2nnc(-c3cccc(Cl)c3)n2N)cc1F. The Morgan fingerprint density at radius 2 is 2.07 bits per heavy atom. The summed E-state index contributed by atoms with van der Waals surface area (Å²) < 4.78 is 14.9. The van der Waals surface area contributed by atoms with E-state index in [0.29, 0.717) is 27.3 Å². The Kier molecular flexibility index (Phi) is 5.67. The second-order valence-corrected chi connectivity index (χ2v) is 7.64. The highest BCUT2D eigenvalue weighted by Crippen LogP contribution is 2.26. The van der Waals surface area contributed by atoms with Crippen molar-refractivity contribution in [2.24, 2.45) is 0 Å². The topological polar surface area (TPSA) is 85.8 Å². The first kappa shape index (κ1) is 19.2. The first-order chi connectivity index (χ1) is 12.8. The Balaban J connectivity index is 1.71. The zero-order chi connectivity index (χ0) is 19.6. The van der Waals surface area contributed by atoms with Gasteiger partial charge in [-0.05, 0) is 43.7 Å². The summed E-state index contributed by atoms with van der Waals surface area (Å²) >= 11 is 7.14. The summed E-state index contributed by atoms with van der Waals surface area (Å²) in [5, 5.41) is 11.2. The number of carbonyl (C=O) groups excluding carboxylic acids is 1. The number of benzene rings is 2. The number of hydrogen-bond donors (Lipinski definition) is 2. The van der Waals surface area contributed by atoms with Crippen molar-refractivity contribution in [3.05, 3.63) is 58.9 Å². The molecule has 0 aliphatic rings. The Hall–Kier alpha value is -2.58. The third kappa shape index (κ3) is 4.40. The molecule has 0 fully saturated rings. The summed E-state index contributed by atoms with van der Waals surface area (Å²) in [4.78, 5) is 12.4. The largest absolute Gasteiger partial charge is 0.335 e. The van der Waals surface area contributed by atoms with E-state index in [9.17, 15) is 9.18 Å². The van der Waals surface area contributed by atoms with Crippen LogP contribution in [0.3, 0.4) is 0 Å². The molecule has 2 aromatic carbocycles. The van der Waals surface area contributed by atoms with Gasteiger partial charge in [-0.2, -0.15) is 0 Å². The number of nitrogens with two attached hydrogens (primary N) is 1. The molecule has 9 heteroatoms. The van der Waals surface area contributed by atoms with Crippen LogP contribution in [-0.4, -0.2) is 26.0 Å². The van der Waals surface area contributed by atoms with E-state index in [1.165, 1.54) is 10.7 Å². The summed E-state index contributed by atoms with van der Waals surface area (Å²) in [6, 6.07) is 11.6. The monoisotopic (exact) mass is 405 g/mol. The van der Waals surface area contributed by atoms with Gasteiger partial charge >= 0.3 is 0 Å². The van der Waals surface area contributed by atoms with Crippen LogP contribution in [0.1, 0.15) is 12.5 Å². The number of carbonyl (C=O) groups is 1. The number of aromatic nitrogens is 3. The van der Waals surface area contributed by atoms with Crippen LogP contribution in [0.25, 0.3) is 11.4 Å². The number of amides is 1. The van der Waals surface area contributed by atoms with Crippen molar-refractivity contribution in [1.82, 2.24) is 14.9 Å². The number of thioether (sulfide) groups is 1. The van der Waals surface area contributed by atoms with Gasteiger partial charge < -0.3 is 11.2 Å². The third-order valence-corrected chi connectivity index (χ3v) is 5.13. The molecule has 140 valence electrons. The van der Waals surface area contributed by atoms with Crippen LogP contribution in [0.2, 0.25) is 5.02 Å². The van der Waals surface area contributed by atoms with E-state index >= 15 is 0 Å². The van der Waals surface area contributed by atoms with Gasteiger partial charge in [-0.3, -0.25) is 4.79 Å². The molecule has 1 heterocycles. The molecule has 3 aromatic rings. The van der Waals surface area contributed by atoms with E-state index in [2.05, 4.69) is 15.5 Å². The lowest BCUT2D eigenvalue weighted by molar-refractivity contribution is -0.115. The van der Waals surface area contributed by atoms with E-state index in [0.717, 1.165) is 17.3 Å². The molecule has 3 rings (SSSR count). The van der Waals surface area contributed by atoms with Crippen molar-refractivity contribution in [3.63, 3.8) is 0 Å². The average molecular weight is 406 g/mol. The van der Waals surface area contributed by atoms with Gasteiger partial charge in [0.05, 0.1) is 5.25 Å². The van der Waals surface area contributed by atoms with Gasteiger partial charge in [0.2, 0.25) is 11.1 Å². The van der Waals surface area contributed by atoms with Gasteiger partial charge in [0.15, 0.2) is 5.82 Å². The smallest absolute Gasteiger partial charge is 0.237 e. The van der Waals surface area contributed by atoms with Crippen molar-refractivity contribution < 1.29 is 9.18 Å². The maximum atomic E-state index is 13.6. The van der Waals surface area contributed by atoms with Gasteiger partial charge in [-0.25, -0.2) is 9.07 Å². The van der Waals surface area contributed by atoms with Gasteiger partial charge in [-0.15, -0.1) is 10.2 Å². The van der Waals surface area contributed by atoms with E-state index < -0.39 is 5.25 Å². The van der Waals surface area contributed by atoms with Crippen molar-refractivity contribution in [2.75, 3.05) is 11.2 Å². The van der Waals surface area contributed by atoms with E-state index in [4.69, 9.17) is 17.4 Å². The van der Waals surface area contributed by atoms with Crippen LogP contribution in [0.4, 0.5) is 10.1 Å². The Labute approximate surface area is 164 Å². The average Bonchev–Trinajstić information content (AvgIpc) is 2.98. The Bertz CT molecular complexity index is 994. The summed E-state index contributed by atoms with van der Waals surface area (Å²) in [6.45, 7) is 3.36. The van der Waals surface area contributed by atoms with Gasteiger partial charge in [0.25, 0.3) is 0 Å². The zero-order valence-corrected chi connectivity index (χ0v) is 16.2. The predicted molar refractivity (Wildman–Crippen MR) is 106 cm³/mol. The highest BCUT2D eigenvalue weighted by Gasteiger charge is 2.20. The number of anilines is 1. The molecule has 1 atom stereocenters. The first-order valence-corrected chi connectivity index (χ1v) is 9.31. The fraction of sp³-hybridized carbons (Fsp3) is 0.167. The third-order valence-electron chi connectivity index (χ3n) is 3.84. The van der Waals surface area contributed by atoms with E-state index in [-0.39, 0.29) is 11.7 Å². The van der Waals surface area contributed by atoms with Gasteiger partial charge in [0, 0.05) is 16.3 Å². The molecule has 1 aromatic heterocycles. The van der Waals surface area contributed by atoms with E-state index in [1.807, 2.05) is 6.07 Å². The summed E-state index contributed by atoms with van der Waals surface area (Å²) in [5.41, 5.74) is 1.63. The molecular weight excluding hydrogens is 389 g/mol. The molecule has 0 aliphatic heterocycles. The molecule has 0 bridgehead atoms. The highest BCUT2D eigenvalue weighted by atomic mass is 35.5. The lowest BCUT2D eigenvalue weighted by Crippen LogP contribution is -2.23. The fourth-order valence-corrected chi connectivity index (χ4v) is 3.27. The van der Waals surface area contributed by atoms with Crippen LogP contribution in [0.5, 0.6) is 0 Å². The minimum atomic E-state index is -0.520. The number of halogens is 2. The van der Waals surface area contributed by atoms with Gasteiger partial charge in [-0.1, -0.05) is 41.6 Å². The maximum Gasteiger partial charge on any atom is 0.237 e. The zero-order valence-electron chi connectivity index (χ0n) is 14.6. The number of nitrogen functional groups attached to an aromatic ring is 1. The van der Waals surface area contributed by atoms with Gasteiger partial charge in [0.1, 0.15) is 5.82 Å². The molecule has 27 heavy (non-hydrogen) atoms. The standard InChI is InChI=1S/C18H17ClFN5OS/c1-10-6-7-14(9-15(10)20)22-17(26)11(2)27-18-24-23-16(25(18)21)12-4-3-5-13(19)8-12/h3-9,11H,21H2,1-2H3,(H,22,26)/t11-/m1/s1. The highest BCUT2D eigenvalue weighted by molar-refractivity contribution is 8.00. The van der Waals surface area contributed by atoms with Crippen molar-refractivity contribution in [1.29, 1.82) is 0 Å². The molecule has 0 aliphatic carbocycles. The summed E-state index contributed by atoms with van der Waals surface area (Å²) in [6.07, 6.45) is 0. The fourth-order valence-electron chi connectivity index (χ4n) is 2.31. The van der Waals surface area contributed by atoms with E-state index in [1.54, 1.807) is 44.2 Å². The lowest BCUT2D eigenvalue weighted by Gasteiger charge is -2.12. The van der Waals surface area contributed by atoms with Crippen molar-refractivity contribution >= 4 is 35.0 Å². The predicted octanol–water partition coefficient (Wildman–Crippen LogP) is 3.88. The van der Waals surface area contributed by atoms with Crippen LogP contribution < -0.4 is 11.2 Å². The number of rotatable bonds is 5. The molecule has 3 N–H and O–H groups in total. The van der Waals surface area contributed by atoms with Crippen LogP contribution in [-0.2, 0) is 4.79 Å². The summed E-state index contributed by atoms with van der Waals surface area (Å²) in [7, 11) is 0. The normalized spacial score (nSPS) is 12.0. The number of hydrogen-bond acceptors (Lipinski definition) is 5. The van der Waals surface area contributed by atoms with Crippen molar-refractivity contribution in [3.8, 4) is 11.4 Å². The van der Waals surface area contributed by atoms with Crippen LogP contribution in [0, 0.1) is 12.7 Å². The second-order valence-electron chi connectivity index (χ2n) is 5.90. The minimum Gasteiger partial charge on any atom is -0.335 e. The molecule has 1 amide bonds. The van der Waals surface area contributed by atoms with Crippen molar-refractivity contribution in [2.45, 2.75) is 24.3 Å². The summed E-state index contributed by atoms with van der Waals surface area (Å²) in [5.74, 6) is 5.84. The molecular formula is C18H17ClFN5OS. The quantitative estimate of drug-likeness (QED) is 0.497. The molecule has 0 spiro atoms. The number of nitrogens with zero attached hydrogens (tertiary/aromatic N) is 3. The first-order valence-electron chi connectivity index (χ1n) is 8.05. The molecule has 0 unspecified atom stereocenters. The lowest BCUT2D eigenvalue weighted by atomic mass is 10.2. The van der Waals surface area contributed by atoms with Crippen LogP contribution >= 0.6 is 23.4 Å². The Morgan fingerprint density at radius 3 is 2.78 bits per heavy atom. The minimum absolute atomic E-state index is 0.296. The number of nitrogens with one attached hydrogen (secondary N) is 1. The molecule has 0 saturated heterocycles. The number of aryl methyl sites for hydroxylation is 1. The second kappa shape index (κ2) is 7.98. The molecule has 0 radical (unpaired) electrons.